The molecule has 0 radical (unpaired) electrons. The van der Waals surface area contributed by atoms with Gasteiger partial charge in [-0.1, -0.05) is 48.5 Å². The number of nitrogens with zero attached hydrogens (tertiary/aromatic N) is 3. The van der Waals surface area contributed by atoms with Crippen LogP contribution in [0.15, 0.2) is 73.1 Å². The van der Waals surface area contributed by atoms with Crippen LogP contribution in [0.2, 0.25) is 0 Å². The number of hydrogen-bond acceptors (Lipinski definition) is 4. The minimum Gasteiger partial charge on any atom is -0.354 e. The number of amides is 1. The van der Waals surface area contributed by atoms with Crippen molar-refractivity contribution in [2.45, 2.75) is 13.5 Å². The minimum absolute atomic E-state index is 0.0466. The van der Waals surface area contributed by atoms with E-state index in [1.54, 1.807) is 12.4 Å². The maximum atomic E-state index is 13.0. The van der Waals surface area contributed by atoms with Crippen molar-refractivity contribution >= 4 is 17.3 Å². The van der Waals surface area contributed by atoms with Crippen molar-refractivity contribution in [2.24, 2.45) is 0 Å². The lowest BCUT2D eigenvalue weighted by Crippen LogP contribution is -2.48. The Labute approximate surface area is 172 Å². The molecule has 2 heterocycles. The number of aryl methyl sites for hydroxylation is 1. The van der Waals surface area contributed by atoms with Gasteiger partial charge >= 0.3 is 0 Å². The van der Waals surface area contributed by atoms with Crippen LogP contribution in [0.5, 0.6) is 0 Å². The van der Waals surface area contributed by atoms with Gasteiger partial charge in [-0.15, -0.1) is 0 Å². The van der Waals surface area contributed by atoms with Gasteiger partial charge in [-0.2, -0.15) is 0 Å². The number of carbonyl (C=O) groups excluding carboxylic acids is 1. The molecule has 4 rings (SSSR count). The second-order valence-corrected chi connectivity index (χ2v) is 7.46. The summed E-state index contributed by atoms with van der Waals surface area (Å²) in [6, 6.07) is 20.4. The molecule has 1 fully saturated rings. The molecule has 1 aliphatic heterocycles. The van der Waals surface area contributed by atoms with Crippen molar-refractivity contribution in [3.8, 4) is 0 Å². The fraction of sp³-hybridized carbons (Fsp3) is 0.250. The Kier molecular flexibility index (Phi) is 5.86. The Morgan fingerprint density at radius 1 is 0.966 bits per heavy atom. The number of carbonyl (C=O) groups is 1. The fourth-order valence-corrected chi connectivity index (χ4v) is 3.63. The Morgan fingerprint density at radius 2 is 1.69 bits per heavy atom. The summed E-state index contributed by atoms with van der Waals surface area (Å²) in [6.07, 6.45) is 3.41. The zero-order valence-corrected chi connectivity index (χ0v) is 16.7. The number of nitrogens with one attached hydrogen (secondary N) is 1. The summed E-state index contributed by atoms with van der Waals surface area (Å²) in [6.45, 7) is 6.23. The van der Waals surface area contributed by atoms with Gasteiger partial charge in [-0.25, -0.2) is 0 Å². The molecule has 148 valence electrons. The highest BCUT2D eigenvalue weighted by atomic mass is 16.2. The van der Waals surface area contributed by atoms with Crippen LogP contribution in [0.4, 0.5) is 11.4 Å². The van der Waals surface area contributed by atoms with E-state index in [9.17, 15) is 4.79 Å². The van der Waals surface area contributed by atoms with Crippen molar-refractivity contribution in [3.63, 3.8) is 0 Å². The third-order valence-electron chi connectivity index (χ3n) is 5.32. The van der Waals surface area contributed by atoms with Crippen LogP contribution in [-0.2, 0) is 6.54 Å². The van der Waals surface area contributed by atoms with Crippen LogP contribution < -0.4 is 5.32 Å². The second-order valence-electron chi connectivity index (χ2n) is 7.46. The van der Waals surface area contributed by atoms with E-state index in [4.69, 9.17) is 0 Å². The molecule has 0 saturated carbocycles. The van der Waals surface area contributed by atoms with Crippen molar-refractivity contribution in [1.82, 2.24) is 14.8 Å². The summed E-state index contributed by atoms with van der Waals surface area (Å²) in [5.41, 5.74) is 4.94. The number of anilines is 2. The highest BCUT2D eigenvalue weighted by Gasteiger charge is 2.22. The van der Waals surface area contributed by atoms with Gasteiger partial charge in [0, 0.05) is 44.6 Å². The molecule has 2 aromatic carbocycles. The highest BCUT2D eigenvalue weighted by Crippen LogP contribution is 2.21. The molecule has 1 aromatic heterocycles. The van der Waals surface area contributed by atoms with Gasteiger partial charge in [0.25, 0.3) is 5.91 Å². The number of benzene rings is 2. The van der Waals surface area contributed by atoms with Crippen LogP contribution in [0.1, 0.15) is 21.5 Å². The average Bonchev–Trinajstić information content (AvgIpc) is 2.76. The maximum absolute atomic E-state index is 13.0. The smallest absolute Gasteiger partial charge is 0.255 e. The van der Waals surface area contributed by atoms with Gasteiger partial charge in [0.15, 0.2) is 0 Å². The molecular formula is C24H26N4O. The molecule has 0 unspecified atom stereocenters. The molecule has 0 atom stereocenters. The summed E-state index contributed by atoms with van der Waals surface area (Å²) >= 11 is 0. The van der Waals surface area contributed by atoms with Gasteiger partial charge in [-0.05, 0) is 30.2 Å². The van der Waals surface area contributed by atoms with Crippen LogP contribution in [0, 0.1) is 6.92 Å². The lowest BCUT2D eigenvalue weighted by molar-refractivity contribution is 0.0628. The molecule has 3 aromatic rings. The number of rotatable bonds is 5. The van der Waals surface area contributed by atoms with Crippen LogP contribution >= 0.6 is 0 Å². The molecular weight excluding hydrogens is 360 g/mol. The van der Waals surface area contributed by atoms with Gasteiger partial charge in [-0.3, -0.25) is 14.7 Å². The summed E-state index contributed by atoms with van der Waals surface area (Å²) in [4.78, 5) is 21.6. The normalized spacial score (nSPS) is 14.6. The van der Waals surface area contributed by atoms with Crippen LogP contribution in [0.25, 0.3) is 0 Å². The summed E-state index contributed by atoms with van der Waals surface area (Å²) in [5, 5.41) is 3.36. The molecule has 0 spiro atoms. The van der Waals surface area contributed by atoms with E-state index in [0.717, 1.165) is 49.7 Å². The number of aromatic nitrogens is 1. The van der Waals surface area contributed by atoms with Crippen molar-refractivity contribution < 1.29 is 4.79 Å². The molecule has 5 heteroatoms. The lowest BCUT2D eigenvalue weighted by atomic mass is 10.1. The SMILES string of the molecule is Cc1ccccc1Nc1cncc(C(=O)N2CCN(Cc3ccccc3)CC2)c1. The Balaban J connectivity index is 1.37. The topological polar surface area (TPSA) is 48.5 Å². The van der Waals surface area contributed by atoms with E-state index in [-0.39, 0.29) is 5.91 Å². The van der Waals surface area contributed by atoms with Crippen molar-refractivity contribution in [1.29, 1.82) is 0 Å². The molecule has 29 heavy (non-hydrogen) atoms. The van der Waals surface area contributed by atoms with E-state index in [1.807, 2.05) is 35.2 Å². The van der Waals surface area contributed by atoms with E-state index in [2.05, 4.69) is 52.5 Å². The first-order valence-electron chi connectivity index (χ1n) is 10.0. The van der Waals surface area contributed by atoms with Gasteiger partial charge in [0.05, 0.1) is 17.4 Å². The number of para-hydroxylation sites is 1. The second kappa shape index (κ2) is 8.88. The average molecular weight is 386 g/mol. The van der Waals surface area contributed by atoms with Gasteiger partial charge in [0.1, 0.15) is 0 Å². The van der Waals surface area contributed by atoms with Crippen LogP contribution in [-0.4, -0.2) is 46.9 Å². The van der Waals surface area contributed by atoms with Crippen molar-refractivity contribution in [2.75, 3.05) is 31.5 Å². The first-order chi connectivity index (χ1) is 14.2. The van der Waals surface area contributed by atoms with E-state index < -0.39 is 0 Å². The molecule has 0 bridgehead atoms. The summed E-state index contributed by atoms with van der Waals surface area (Å²) in [5.74, 6) is 0.0466. The first-order valence-corrected chi connectivity index (χ1v) is 10.0. The predicted octanol–water partition coefficient (Wildman–Crippen LogP) is 4.09. The van der Waals surface area contributed by atoms with Crippen molar-refractivity contribution in [3.05, 3.63) is 89.7 Å². The predicted molar refractivity (Wildman–Crippen MR) is 116 cm³/mol. The Hall–Kier alpha value is -3.18. The zero-order valence-electron chi connectivity index (χ0n) is 16.7. The quantitative estimate of drug-likeness (QED) is 0.717. The lowest BCUT2D eigenvalue weighted by Gasteiger charge is -2.34. The monoisotopic (exact) mass is 386 g/mol. The molecule has 0 aliphatic carbocycles. The fourth-order valence-electron chi connectivity index (χ4n) is 3.63. The maximum Gasteiger partial charge on any atom is 0.255 e. The van der Waals surface area contributed by atoms with Gasteiger partial charge in [0.2, 0.25) is 0 Å². The Morgan fingerprint density at radius 3 is 2.45 bits per heavy atom. The highest BCUT2D eigenvalue weighted by molar-refractivity contribution is 5.95. The van der Waals surface area contributed by atoms with Crippen LogP contribution in [0.3, 0.4) is 0 Å². The number of pyridine rings is 1. The molecule has 1 saturated heterocycles. The Bertz CT molecular complexity index is 965. The molecule has 5 nitrogen and oxygen atoms in total. The first kappa shape index (κ1) is 19.2. The van der Waals surface area contributed by atoms with E-state index in [1.165, 1.54) is 5.56 Å². The largest absolute Gasteiger partial charge is 0.354 e. The van der Waals surface area contributed by atoms with Gasteiger partial charge < -0.3 is 10.2 Å². The standard InChI is InChI=1S/C24H26N4O/c1-19-7-5-6-10-23(19)26-22-15-21(16-25-17-22)24(29)28-13-11-27(12-14-28)18-20-8-3-2-4-9-20/h2-10,15-17,26H,11-14,18H2,1H3. The zero-order chi connectivity index (χ0) is 20.1. The molecule has 1 amide bonds. The van der Waals surface area contributed by atoms with E-state index in [0.29, 0.717) is 5.56 Å². The third kappa shape index (κ3) is 4.81. The number of piperazine rings is 1. The molecule has 1 aliphatic rings. The summed E-state index contributed by atoms with van der Waals surface area (Å²) < 4.78 is 0. The molecule has 1 N–H and O–H groups in total. The minimum atomic E-state index is 0.0466. The summed E-state index contributed by atoms with van der Waals surface area (Å²) in [7, 11) is 0. The number of hydrogen-bond donors (Lipinski definition) is 1. The van der Waals surface area contributed by atoms with E-state index >= 15 is 0 Å². The third-order valence-corrected chi connectivity index (χ3v) is 5.32.